The van der Waals surface area contributed by atoms with Crippen LogP contribution in [0.15, 0.2) is 53.8 Å². The van der Waals surface area contributed by atoms with E-state index >= 15 is 0 Å². The highest BCUT2D eigenvalue weighted by Gasteiger charge is 2.10. The Bertz CT molecular complexity index is 914. The number of guanidine groups is 1. The van der Waals surface area contributed by atoms with Crippen LogP contribution in [0, 0.1) is 0 Å². The van der Waals surface area contributed by atoms with Gasteiger partial charge in [-0.05, 0) is 36.2 Å². The van der Waals surface area contributed by atoms with E-state index in [-0.39, 0.29) is 30.0 Å². The molecule has 6 nitrogen and oxygen atoms in total. The largest absolute Gasteiger partial charge is 0.370 e. The van der Waals surface area contributed by atoms with E-state index in [0.29, 0.717) is 28.4 Å². The quantitative estimate of drug-likeness (QED) is 0.263. The van der Waals surface area contributed by atoms with Crippen molar-refractivity contribution in [2.45, 2.75) is 19.5 Å². The predicted molar refractivity (Wildman–Crippen MR) is 121 cm³/mol. The van der Waals surface area contributed by atoms with Gasteiger partial charge < -0.3 is 11.1 Å². The lowest BCUT2D eigenvalue weighted by Gasteiger charge is -2.16. The Morgan fingerprint density at radius 2 is 2.07 bits per heavy atom. The maximum atomic E-state index is 6.23. The van der Waals surface area contributed by atoms with E-state index in [0.717, 1.165) is 16.7 Å². The van der Waals surface area contributed by atoms with Crippen LogP contribution in [0.4, 0.5) is 0 Å². The highest BCUT2D eigenvalue weighted by atomic mass is 127. The summed E-state index contributed by atoms with van der Waals surface area (Å²) in [6.07, 6.45) is 1.48. The summed E-state index contributed by atoms with van der Waals surface area (Å²) >= 11 is 12.2. The third-order valence-corrected chi connectivity index (χ3v) is 4.40. The van der Waals surface area contributed by atoms with Gasteiger partial charge in [0.1, 0.15) is 6.33 Å². The molecule has 27 heavy (non-hydrogen) atoms. The Morgan fingerprint density at radius 3 is 2.78 bits per heavy atom. The maximum absolute atomic E-state index is 6.23. The number of nitrogens with zero attached hydrogens (tertiary/aromatic N) is 3. The third kappa shape index (κ3) is 5.82. The lowest BCUT2D eigenvalue weighted by Crippen LogP contribution is -2.34. The molecular weight excluding hydrogens is 498 g/mol. The van der Waals surface area contributed by atoms with Gasteiger partial charge in [-0.15, -0.1) is 24.0 Å². The lowest BCUT2D eigenvalue weighted by atomic mass is 10.1. The van der Waals surface area contributed by atoms with Crippen molar-refractivity contribution in [1.29, 1.82) is 0 Å². The molecule has 0 bridgehead atoms. The number of hydrogen-bond donors (Lipinski definition) is 3. The molecule has 0 saturated heterocycles. The van der Waals surface area contributed by atoms with Crippen LogP contribution in [0.1, 0.15) is 24.1 Å². The fourth-order valence-corrected chi connectivity index (χ4v) is 3.11. The van der Waals surface area contributed by atoms with Crippen molar-refractivity contribution in [2.75, 3.05) is 0 Å². The van der Waals surface area contributed by atoms with E-state index < -0.39 is 0 Å². The maximum Gasteiger partial charge on any atom is 0.189 e. The molecule has 3 aromatic rings. The molecular formula is C18H19Cl2IN6. The average Bonchev–Trinajstić information content (AvgIpc) is 3.15. The molecule has 0 aliphatic carbocycles. The standard InChI is InChI=1S/C18H18Cl2N6.HI/c1-11(15-6-5-14(19)8-16(15)20)25-18(21)22-9-12-3-2-4-13(7-12)17-23-10-24-26-17;/h2-8,10-11H,9H2,1H3,(H3,21,22,25)(H,23,24,26);1H. The zero-order chi connectivity index (χ0) is 18.5. The van der Waals surface area contributed by atoms with Crippen LogP contribution in [-0.2, 0) is 6.54 Å². The number of nitrogens with one attached hydrogen (secondary N) is 2. The Balaban J connectivity index is 0.00000261. The van der Waals surface area contributed by atoms with Crippen LogP contribution in [0.25, 0.3) is 11.4 Å². The number of halogens is 3. The fourth-order valence-electron chi connectivity index (χ4n) is 2.54. The minimum absolute atomic E-state index is 0. The normalized spacial score (nSPS) is 12.3. The zero-order valence-electron chi connectivity index (χ0n) is 14.5. The van der Waals surface area contributed by atoms with Crippen molar-refractivity contribution in [3.05, 3.63) is 70.0 Å². The highest BCUT2D eigenvalue weighted by Crippen LogP contribution is 2.26. The van der Waals surface area contributed by atoms with E-state index in [1.165, 1.54) is 6.33 Å². The summed E-state index contributed by atoms with van der Waals surface area (Å²) in [5.41, 5.74) is 8.88. The van der Waals surface area contributed by atoms with Gasteiger partial charge in [-0.25, -0.2) is 9.98 Å². The van der Waals surface area contributed by atoms with Gasteiger partial charge in [-0.1, -0.05) is 47.5 Å². The molecule has 0 aliphatic rings. The molecule has 3 rings (SSSR count). The first-order valence-corrected chi connectivity index (χ1v) is 8.74. The molecule has 1 aromatic heterocycles. The summed E-state index contributed by atoms with van der Waals surface area (Å²) in [6.45, 7) is 2.41. The van der Waals surface area contributed by atoms with Crippen molar-refractivity contribution in [3.63, 3.8) is 0 Å². The molecule has 0 radical (unpaired) electrons. The summed E-state index contributed by atoms with van der Waals surface area (Å²) in [5, 5.41) is 11.0. The second kappa shape index (κ2) is 9.91. The predicted octanol–water partition coefficient (Wildman–Crippen LogP) is 4.56. The van der Waals surface area contributed by atoms with Crippen molar-refractivity contribution in [2.24, 2.45) is 10.7 Å². The number of hydrogen-bond acceptors (Lipinski definition) is 3. The van der Waals surface area contributed by atoms with Crippen LogP contribution in [0.2, 0.25) is 10.0 Å². The van der Waals surface area contributed by atoms with Crippen LogP contribution in [0.3, 0.4) is 0 Å². The van der Waals surface area contributed by atoms with Gasteiger partial charge in [0, 0.05) is 15.6 Å². The first-order chi connectivity index (χ1) is 12.5. The molecule has 0 amide bonds. The van der Waals surface area contributed by atoms with Crippen molar-refractivity contribution < 1.29 is 0 Å². The second-order valence-electron chi connectivity index (χ2n) is 5.77. The molecule has 0 saturated carbocycles. The van der Waals surface area contributed by atoms with Gasteiger partial charge in [0.2, 0.25) is 0 Å². The Morgan fingerprint density at radius 1 is 1.26 bits per heavy atom. The molecule has 1 atom stereocenters. The number of nitrogens with two attached hydrogens (primary N) is 1. The number of aromatic nitrogens is 3. The van der Waals surface area contributed by atoms with Crippen molar-refractivity contribution >= 4 is 53.1 Å². The summed E-state index contributed by atoms with van der Waals surface area (Å²) < 4.78 is 0. The first kappa shape index (κ1) is 21.5. The molecule has 0 fully saturated rings. The third-order valence-electron chi connectivity index (χ3n) is 3.84. The van der Waals surface area contributed by atoms with Gasteiger partial charge in [0.15, 0.2) is 11.8 Å². The summed E-state index contributed by atoms with van der Waals surface area (Å²) in [5.74, 6) is 1.06. The number of aliphatic imine (C=N–C) groups is 1. The number of aromatic amines is 1. The fraction of sp³-hybridized carbons (Fsp3) is 0.167. The average molecular weight is 517 g/mol. The summed E-state index contributed by atoms with van der Waals surface area (Å²) in [6, 6.07) is 13.2. The summed E-state index contributed by atoms with van der Waals surface area (Å²) in [4.78, 5) is 8.55. The monoisotopic (exact) mass is 516 g/mol. The number of benzene rings is 2. The van der Waals surface area contributed by atoms with Crippen molar-refractivity contribution in [1.82, 2.24) is 20.5 Å². The van der Waals surface area contributed by atoms with Gasteiger partial charge in [0.05, 0.1) is 12.6 Å². The van der Waals surface area contributed by atoms with Crippen molar-refractivity contribution in [3.8, 4) is 11.4 Å². The molecule has 1 unspecified atom stereocenters. The van der Waals surface area contributed by atoms with Gasteiger partial charge in [-0.3, -0.25) is 5.10 Å². The molecule has 142 valence electrons. The number of rotatable bonds is 5. The van der Waals surface area contributed by atoms with Crippen LogP contribution < -0.4 is 11.1 Å². The Kier molecular flexibility index (Phi) is 7.88. The second-order valence-corrected chi connectivity index (χ2v) is 6.61. The van der Waals surface area contributed by atoms with Gasteiger partial charge in [-0.2, -0.15) is 5.10 Å². The molecule has 4 N–H and O–H groups in total. The SMILES string of the molecule is CC(NC(N)=NCc1cccc(-c2ncn[nH]2)c1)c1ccc(Cl)cc1Cl.I. The smallest absolute Gasteiger partial charge is 0.189 e. The Labute approximate surface area is 184 Å². The zero-order valence-corrected chi connectivity index (χ0v) is 18.3. The first-order valence-electron chi connectivity index (χ1n) is 7.99. The molecule has 0 spiro atoms. The topological polar surface area (TPSA) is 92.0 Å². The van der Waals surface area contributed by atoms with Gasteiger partial charge >= 0.3 is 0 Å². The molecule has 0 aliphatic heterocycles. The van der Waals surface area contributed by atoms with E-state index in [2.05, 4.69) is 25.5 Å². The van der Waals surface area contributed by atoms with Gasteiger partial charge in [0.25, 0.3) is 0 Å². The van der Waals surface area contributed by atoms with Crippen LogP contribution in [-0.4, -0.2) is 21.1 Å². The van der Waals surface area contributed by atoms with E-state index in [1.807, 2.05) is 37.3 Å². The van der Waals surface area contributed by atoms with Crippen LogP contribution >= 0.6 is 47.2 Å². The highest BCUT2D eigenvalue weighted by molar-refractivity contribution is 14.0. The molecule has 9 heteroatoms. The van der Waals surface area contributed by atoms with E-state index in [1.54, 1.807) is 12.1 Å². The molecule has 2 aromatic carbocycles. The lowest BCUT2D eigenvalue weighted by molar-refractivity contribution is 0.708. The van der Waals surface area contributed by atoms with E-state index in [9.17, 15) is 0 Å². The van der Waals surface area contributed by atoms with E-state index in [4.69, 9.17) is 28.9 Å². The minimum atomic E-state index is -0.0935. The summed E-state index contributed by atoms with van der Waals surface area (Å²) in [7, 11) is 0. The Hall–Kier alpha value is -1.84. The molecule has 1 heterocycles. The minimum Gasteiger partial charge on any atom is -0.370 e. The number of H-pyrrole nitrogens is 1. The van der Waals surface area contributed by atoms with Crippen LogP contribution in [0.5, 0.6) is 0 Å².